The number of nitrogens with zero attached hydrogens (tertiary/aromatic N) is 1. The first-order valence-electron chi connectivity index (χ1n) is 4.62. The first-order chi connectivity index (χ1) is 7.84. The van der Waals surface area contributed by atoms with Crippen LogP contribution in [0.5, 0.6) is 5.88 Å². The van der Waals surface area contributed by atoms with E-state index in [9.17, 15) is 18.0 Å². The van der Waals surface area contributed by atoms with Crippen LogP contribution < -0.4 is 4.74 Å². The van der Waals surface area contributed by atoms with Crippen molar-refractivity contribution in [1.29, 1.82) is 0 Å². The van der Waals surface area contributed by atoms with Crippen molar-refractivity contribution in [3.8, 4) is 5.88 Å². The van der Waals surface area contributed by atoms with Crippen molar-refractivity contribution < 1.29 is 27.4 Å². The van der Waals surface area contributed by atoms with Crippen LogP contribution in [0.15, 0.2) is 18.3 Å². The number of methoxy groups -OCH3 is 1. The van der Waals surface area contributed by atoms with E-state index in [4.69, 9.17) is 4.74 Å². The van der Waals surface area contributed by atoms with Crippen LogP contribution in [-0.2, 0) is 15.7 Å². The van der Waals surface area contributed by atoms with Crippen LogP contribution in [-0.4, -0.2) is 24.2 Å². The highest BCUT2D eigenvalue weighted by Gasteiger charge is 2.31. The molecular formula is C10H10F3NO3. The Morgan fingerprint density at radius 2 is 2.12 bits per heavy atom. The van der Waals surface area contributed by atoms with Gasteiger partial charge in [0.05, 0.1) is 12.7 Å². The molecular weight excluding hydrogens is 239 g/mol. The van der Waals surface area contributed by atoms with Gasteiger partial charge in [0.1, 0.15) is 0 Å². The molecule has 1 rings (SSSR count). The zero-order chi connectivity index (χ0) is 13.1. The van der Waals surface area contributed by atoms with E-state index in [1.54, 1.807) is 0 Å². The van der Waals surface area contributed by atoms with Gasteiger partial charge in [0.25, 0.3) is 0 Å². The molecule has 1 unspecified atom stereocenters. The number of carbonyl (C=O) groups excluding carboxylic acids is 1. The Bertz CT molecular complexity index is 406. The molecule has 0 saturated carbocycles. The number of hydrogen-bond donors (Lipinski definition) is 0. The summed E-state index contributed by atoms with van der Waals surface area (Å²) in [7, 11) is 1.15. The summed E-state index contributed by atoms with van der Waals surface area (Å²) >= 11 is 0. The molecule has 0 aliphatic rings. The van der Waals surface area contributed by atoms with Gasteiger partial charge in [0.2, 0.25) is 5.88 Å². The van der Waals surface area contributed by atoms with Crippen LogP contribution in [0.25, 0.3) is 0 Å². The number of rotatable bonds is 3. The van der Waals surface area contributed by atoms with Gasteiger partial charge in [-0.2, -0.15) is 13.2 Å². The molecule has 1 aromatic heterocycles. The molecule has 17 heavy (non-hydrogen) atoms. The van der Waals surface area contributed by atoms with E-state index in [1.165, 1.54) is 6.92 Å². The fourth-order valence-corrected chi connectivity index (χ4v) is 1.05. The topological polar surface area (TPSA) is 48.4 Å². The Morgan fingerprint density at radius 1 is 1.47 bits per heavy atom. The van der Waals surface area contributed by atoms with E-state index in [1.807, 2.05) is 0 Å². The Labute approximate surface area is 95.4 Å². The molecule has 0 aliphatic heterocycles. The number of pyridine rings is 1. The van der Waals surface area contributed by atoms with Gasteiger partial charge >= 0.3 is 12.1 Å². The Balaban J connectivity index is 2.83. The molecule has 0 aliphatic carbocycles. The molecule has 0 fully saturated rings. The van der Waals surface area contributed by atoms with Crippen molar-refractivity contribution in [2.45, 2.75) is 19.2 Å². The van der Waals surface area contributed by atoms with Gasteiger partial charge in [0, 0.05) is 12.3 Å². The second kappa shape index (κ2) is 5.03. The van der Waals surface area contributed by atoms with Crippen LogP contribution in [0.2, 0.25) is 0 Å². The van der Waals surface area contributed by atoms with Gasteiger partial charge in [-0.05, 0) is 13.0 Å². The Kier molecular flexibility index (Phi) is 3.93. The maximum atomic E-state index is 12.4. The number of halogens is 3. The lowest BCUT2D eigenvalue weighted by molar-refractivity contribution is -0.148. The predicted molar refractivity (Wildman–Crippen MR) is 51.3 cm³/mol. The number of alkyl halides is 3. The van der Waals surface area contributed by atoms with E-state index < -0.39 is 23.8 Å². The summed E-state index contributed by atoms with van der Waals surface area (Å²) in [6.45, 7) is 1.35. The second-order valence-electron chi connectivity index (χ2n) is 3.16. The molecule has 0 bridgehead atoms. The minimum Gasteiger partial charge on any atom is -0.466 e. The van der Waals surface area contributed by atoms with Crippen molar-refractivity contribution in [1.82, 2.24) is 4.98 Å². The van der Waals surface area contributed by atoms with Crippen LogP contribution in [0.4, 0.5) is 13.2 Å². The van der Waals surface area contributed by atoms with Crippen molar-refractivity contribution in [3.63, 3.8) is 0 Å². The zero-order valence-electron chi connectivity index (χ0n) is 9.12. The number of ether oxygens (including phenoxy) is 2. The fraction of sp³-hybridized carbons (Fsp3) is 0.400. The molecule has 1 heterocycles. The lowest BCUT2D eigenvalue weighted by Crippen LogP contribution is -2.25. The van der Waals surface area contributed by atoms with Crippen molar-refractivity contribution in [3.05, 3.63) is 23.9 Å². The quantitative estimate of drug-likeness (QED) is 0.769. The third-order valence-electron chi connectivity index (χ3n) is 1.89. The molecule has 94 valence electrons. The van der Waals surface area contributed by atoms with Gasteiger partial charge in [-0.3, -0.25) is 0 Å². The van der Waals surface area contributed by atoms with Gasteiger partial charge in [-0.15, -0.1) is 0 Å². The molecule has 0 spiro atoms. The van der Waals surface area contributed by atoms with Crippen LogP contribution in [0.1, 0.15) is 12.5 Å². The lowest BCUT2D eigenvalue weighted by atomic mass is 10.2. The highest BCUT2D eigenvalue weighted by Crippen LogP contribution is 2.30. The molecule has 1 atom stereocenters. The minimum atomic E-state index is -4.48. The Morgan fingerprint density at radius 3 is 2.65 bits per heavy atom. The average molecular weight is 249 g/mol. The SMILES string of the molecule is COC(=O)C(C)Oc1cc(C(F)(F)F)ccn1. The summed E-state index contributed by atoms with van der Waals surface area (Å²) in [5.41, 5.74) is -0.889. The van der Waals surface area contributed by atoms with Crippen LogP contribution in [0.3, 0.4) is 0 Å². The summed E-state index contributed by atoms with van der Waals surface area (Å²) in [4.78, 5) is 14.6. The van der Waals surface area contributed by atoms with E-state index >= 15 is 0 Å². The summed E-state index contributed by atoms with van der Waals surface area (Å²) < 4.78 is 46.4. The fourth-order valence-electron chi connectivity index (χ4n) is 1.05. The Hall–Kier alpha value is -1.79. The highest BCUT2D eigenvalue weighted by atomic mass is 19.4. The van der Waals surface area contributed by atoms with Gasteiger partial charge < -0.3 is 9.47 Å². The molecule has 0 saturated heterocycles. The average Bonchev–Trinajstić information content (AvgIpc) is 2.27. The minimum absolute atomic E-state index is 0.280. The first kappa shape index (κ1) is 13.3. The maximum absolute atomic E-state index is 12.4. The number of esters is 1. The number of aromatic nitrogens is 1. The van der Waals surface area contributed by atoms with Crippen molar-refractivity contribution in [2.75, 3.05) is 7.11 Å². The number of hydrogen-bond acceptors (Lipinski definition) is 4. The molecule has 1 aromatic rings. The standard InChI is InChI=1S/C10H10F3NO3/c1-6(9(15)16-2)17-8-5-7(3-4-14-8)10(11,12)13/h3-6H,1-2H3. The predicted octanol–water partition coefficient (Wildman–Crippen LogP) is 2.04. The monoisotopic (exact) mass is 249 g/mol. The lowest BCUT2D eigenvalue weighted by Gasteiger charge is -2.12. The zero-order valence-corrected chi connectivity index (χ0v) is 9.12. The van der Waals surface area contributed by atoms with Gasteiger partial charge in [-0.1, -0.05) is 0 Å². The molecule has 7 heteroatoms. The first-order valence-corrected chi connectivity index (χ1v) is 4.62. The highest BCUT2D eigenvalue weighted by molar-refractivity contribution is 5.74. The molecule has 0 radical (unpaired) electrons. The van der Waals surface area contributed by atoms with E-state index in [0.29, 0.717) is 0 Å². The smallest absolute Gasteiger partial charge is 0.416 e. The third kappa shape index (κ3) is 3.61. The summed E-state index contributed by atoms with van der Waals surface area (Å²) in [5.74, 6) is -0.970. The van der Waals surface area contributed by atoms with Crippen molar-refractivity contribution in [2.24, 2.45) is 0 Å². The largest absolute Gasteiger partial charge is 0.466 e. The van der Waals surface area contributed by atoms with E-state index in [-0.39, 0.29) is 5.88 Å². The summed E-state index contributed by atoms with van der Waals surface area (Å²) in [6, 6.07) is 1.54. The normalized spacial score (nSPS) is 13.0. The van der Waals surface area contributed by atoms with Gasteiger partial charge in [-0.25, -0.2) is 9.78 Å². The second-order valence-corrected chi connectivity index (χ2v) is 3.16. The molecule has 0 N–H and O–H groups in total. The third-order valence-corrected chi connectivity index (χ3v) is 1.89. The summed E-state index contributed by atoms with van der Waals surface area (Å²) in [5, 5.41) is 0. The van der Waals surface area contributed by atoms with Crippen molar-refractivity contribution >= 4 is 5.97 Å². The van der Waals surface area contributed by atoms with E-state index in [2.05, 4.69) is 9.72 Å². The molecule has 0 amide bonds. The van der Waals surface area contributed by atoms with Crippen LogP contribution >= 0.6 is 0 Å². The summed E-state index contributed by atoms with van der Waals surface area (Å²) in [6.07, 6.45) is -4.53. The molecule has 0 aromatic carbocycles. The number of carbonyl (C=O) groups is 1. The molecule has 4 nitrogen and oxygen atoms in total. The van der Waals surface area contributed by atoms with E-state index in [0.717, 1.165) is 25.4 Å². The van der Waals surface area contributed by atoms with Crippen LogP contribution in [0, 0.1) is 0 Å². The van der Waals surface area contributed by atoms with Gasteiger partial charge in [0.15, 0.2) is 6.10 Å². The maximum Gasteiger partial charge on any atom is 0.416 e.